The lowest BCUT2D eigenvalue weighted by Gasteiger charge is -2.23. The fraction of sp³-hybridized carbons (Fsp3) is 0.150. The van der Waals surface area contributed by atoms with Gasteiger partial charge in [-0.1, -0.05) is 42.5 Å². The van der Waals surface area contributed by atoms with Crippen LogP contribution in [0.1, 0.15) is 16.1 Å². The van der Waals surface area contributed by atoms with Crippen LogP contribution in [0.3, 0.4) is 0 Å². The molecular formula is C20H20N4O4S. The van der Waals surface area contributed by atoms with Gasteiger partial charge in [0.1, 0.15) is 12.2 Å². The molecule has 0 aliphatic heterocycles. The maximum Gasteiger partial charge on any atom is 0.288 e. The second kappa shape index (κ2) is 8.27. The van der Waals surface area contributed by atoms with E-state index in [1.54, 1.807) is 49.4 Å². The molecule has 0 saturated carbocycles. The van der Waals surface area contributed by atoms with Crippen LogP contribution >= 0.6 is 0 Å². The van der Waals surface area contributed by atoms with Gasteiger partial charge in [0, 0.05) is 5.39 Å². The summed E-state index contributed by atoms with van der Waals surface area (Å²) in [5.74, 6) is -1.29. The molecule has 1 aromatic heterocycles. The molecule has 0 saturated heterocycles. The molecule has 0 fully saturated rings. The number of fused-ring (bicyclic) bond motifs is 1. The number of benzene rings is 2. The quantitative estimate of drug-likeness (QED) is 0.621. The molecule has 2 aromatic carbocycles. The van der Waals surface area contributed by atoms with E-state index in [2.05, 4.69) is 15.8 Å². The number of aromatic nitrogens is 1. The van der Waals surface area contributed by atoms with Crippen molar-refractivity contribution in [2.45, 2.75) is 6.92 Å². The number of hydrogen-bond donors (Lipinski definition) is 2. The van der Waals surface area contributed by atoms with Crippen LogP contribution in [0, 0.1) is 6.92 Å². The van der Waals surface area contributed by atoms with Gasteiger partial charge in [0.2, 0.25) is 10.0 Å². The topological polar surface area (TPSA) is 108 Å². The Kier molecular flexibility index (Phi) is 5.79. The summed E-state index contributed by atoms with van der Waals surface area (Å²) in [6, 6.07) is 17.4. The number of amides is 2. The van der Waals surface area contributed by atoms with Crippen LogP contribution in [0.4, 0.5) is 5.69 Å². The fourth-order valence-corrected chi connectivity index (χ4v) is 3.69. The van der Waals surface area contributed by atoms with E-state index in [9.17, 15) is 18.0 Å². The maximum absolute atomic E-state index is 12.3. The summed E-state index contributed by atoms with van der Waals surface area (Å²) in [4.78, 5) is 28.8. The zero-order valence-corrected chi connectivity index (χ0v) is 16.7. The van der Waals surface area contributed by atoms with E-state index in [4.69, 9.17) is 0 Å². The number of rotatable bonds is 5. The Morgan fingerprint density at radius 3 is 2.38 bits per heavy atom. The van der Waals surface area contributed by atoms with Crippen molar-refractivity contribution in [3.05, 3.63) is 71.9 Å². The summed E-state index contributed by atoms with van der Waals surface area (Å²) in [5.41, 5.74) is 6.37. The Balaban J connectivity index is 1.68. The van der Waals surface area contributed by atoms with Gasteiger partial charge in [-0.25, -0.2) is 13.4 Å². The van der Waals surface area contributed by atoms with Gasteiger partial charge in [0.05, 0.1) is 17.5 Å². The number of hydrazine groups is 1. The fourth-order valence-electron chi connectivity index (χ4n) is 2.78. The molecule has 0 unspecified atom stereocenters. The molecule has 0 aliphatic rings. The van der Waals surface area contributed by atoms with Gasteiger partial charge >= 0.3 is 0 Å². The highest BCUT2D eigenvalue weighted by Gasteiger charge is 2.22. The third-order valence-corrected chi connectivity index (χ3v) is 5.34. The van der Waals surface area contributed by atoms with Crippen molar-refractivity contribution in [1.82, 2.24) is 15.8 Å². The number of aryl methyl sites for hydroxylation is 1. The summed E-state index contributed by atoms with van der Waals surface area (Å²) < 4.78 is 25.3. The number of carbonyl (C=O) groups excluding carboxylic acids is 2. The van der Waals surface area contributed by atoms with Crippen LogP contribution in [0.5, 0.6) is 0 Å². The second-order valence-electron chi connectivity index (χ2n) is 6.45. The Bertz CT molecular complexity index is 1180. The Morgan fingerprint density at radius 2 is 1.66 bits per heavy atom. The molecule has 2 N–H and O–H groups in total. The van der Waals surface area contributed by atoms with Gasteiger partial charge in [0.25, 0.3) is 11.8 Å². The lowest BCUT2D eigenvalue weighted by atomic mass is 10.2. The number of para-hydroxylation sites is 2. The number of pyridine rings is 1. The van der Waals surface area contributed by atoms with E-state index in [1.807, 2.05) is 18.2 Å². The molecular weight excluding hydrogens is 392 g/mol. The van der Waals surface area contributed by atoms with Crippen LogP contribution in [0.25, 0.3) is 10.9 Å². The molecule has 1 heterocycles. The van der Waals surface area contributed by atoms with E-state index in [-0.39, 0.29) is 5.69 Å². The zero-order chi connectivity index (χ0) is 21.0. The minimum absolute atomic E-state index is 0.128. The monoisotopic (exact) mass is 412 g/mol. The summed E-state index contributed by atoms with van der Waals surface area (Å²) in [6.07, 6.45) is 1.02. The normalized spacial score (nSPS) is 11.1. The summed E-state index contributed by atoms with van der Waals surface area (Å²) in [5, 5.41) is 0.884. The van der Waals surface area contributed by atoms with E-state index < -0.39 is 28.4 Å². The Morgan fingerprint density at radius 1 is 0.966 bits per heavy atom. The van der Waals surface area contributed by atoms with Crippen LogP contribution in [-0.4, -0.2) is 38.0 Å². The van der Waals surface area contributed by atoms with Crippen molar-refractivity contribution < 1.29 is 18.0 Å². The largest absolute Gasteiger partial charge is 0.288 e. The average Bonchev–Trinajstić information content (AvgIpc) is 2.69. The number of nitrogens with zero attached hydrogens (tertiary/aromatic N) is 2. The van der Waals surface area contributed by atoms with Gasteiger partial charge in [-0.05, 0) is 30.7 Å². The van der Waals surface area contributed by atoms with Crippen LogP contribution < -0.4 is 15.2 Å². The predicted octanol–water partition coefficient (Wildman–Crippen LogP) is 1.77. The zero-order valence-electron chi connectivity index (χ0n) is 15.9. The molecule has 29 heavy (non-hydrogen) atoms. The number of anilines is 1. The Labute approximate surface area is 168 Å². The van der Waals surface area contributed by atoms with E-state index in [0.717, 1.165) is 15.9 Å². The summed E-state index contributed by atoms with van der Waals surface area (Å²) >= 11 is 0. The first-order valence-electron chi connectivity index (χ1n) is 8.74. The number of hydrogen-bond acceptors (Lipinski definition) is 5. The van der Waals surface area contributed by atoms with Gasteiger partial charge in [0.15, 0.2) is 0 Å². The molecule has 8 nitrogen and oxygen atoms in total. The lowest BCUT2D eigenvalue weighted by molar-refractivity contribution is -0.120. The summed E-state index contributed by atoms with van der Waals surface area (Å²) in [7, 11) is -3.70. The first kappa shape index (κ1) is 20.3. The molecule has 0 atom stereocenters. The molecule has 9 heteroatoms. The number of carbonyl (C=O) groups is 2. The van der Waals surface area contributed by atoms with Crippen LogP contribution in [-0.2, 0) is 14.8 Å². The van der Waals surface area contributed by atoms with Crippen molar-refractivity contribution in [3.63, 3.8) is 0 Å². The smallest absolute Gasteiger partial charge is 0.271 e. The molecule has 0 spiro atoms. The first-order chi connectivity index (χ1) is 13.8. The predicted molar refractivity (Wildman–Crippen MR) is 111 cm³/mol. The van der Waals surface area contributed by atoms with Crippen molar-refractivity contribution in [2.24, 2.45) is 0 Å². The lowest BCUT2D eigenvalue weighted by Crippen LogP contribution is -2.48. The van der Waals surface area contributed by atoms with Gasteiger partial charge in [-0.15, -0.1) is 0 Å². The molecule has 3 aromatic rings. The van der Waals surface area contributed by atoms with Crippen LogP contribution in [0.15, 0.2) is 60.7 Å². The highest BCUT2D eigenvalue weighted by Crippen LogP contribution is 2.21. The van der Waals surface area contributed by atoms with Crippen molar-refractivity contribution in [2.75, 3.05) is 17.1 Å². The maximum atomic E-state index is 12.3. The number of nitrogens with one attached hydrogen (secondary N) is 2. The van der Waals surface area contributed by atoms with E-state index in [0.29, 0.717) is 16.8 Å². The SMILES string of the molecule is Cc1ccccc1N(CC(=O)NNC(=O)c1ccc2ccccc2n1)S(C)(=O)=O. The second-order valence-corrected chi connectivity index (χ2v) is 8.35. The standard InChI is InChI=1S/C20H20N4O4S/c1-14-7-3-6-10-18(14)24(29(2,27)28)13-19(25)22-23-20(26)17-12-11-15-8-4-5-9-16(15)21-17/h3-12H,13H2,1-2H3,(H,22,25)(H,23,26). The van der Waals surface area contributed by atoms with E-state index in [1.165, 1.54) is 0 Å². The minimum atomic E-state index is -3.70. The Hall–Kier alpha value is -3.46. The molecule has 3 rings (SSSR count). The van der Waals surface area contributed by atoms with Gasteiger partial charge in [-0.2, -0.15) is 0 Å². The van der Waals surface area contributed by atoms with Gasteiger partial charge < -0.3 is 0 Å². The van der Waals surface area contributed by atoms with Crippen molar-refractivity contribution in [1.29, 1.82) is 0 Å². The van der Waals surface area contributed by atoms with Crippen molar-refractivity contribution in [3.8, 4) is 0 Å². The first-order valence-corrected chi connectivity index (χ1v) is 10.6. The highest BCUT2D eigenvalue weighted by molar-refractivity contribution is 7.92. The molecule has 2 amide bonds. The number of sulfonamides is 1. The third-order valence-electron chi connectivity index (χ3n) is 4.22. The summed E-state index contributed by atoms with van der Waals surface area (Å²) in [6.45, 7) is 1.27. The third kappa shape index (κ3) is 4.88. The van der Waals surface area contributed by atoms with Gasteiger partial charge in [-0.3, -0.25) is 24.7 Å². The van der Waals surface area contributed by atoms with Crippen molar-refractivity contribution >= 4 is 38.4 Å². The van der Waals surface area contributed by atoms with E-state index >= 15 is 0 Å². The average molecular weight is 412 g/mol. The minimum Gasteiger partial charge on any atom is -0.271 e. The molecule has 0 radical (unpaired) electrons. The highest BCUT2D eigenvalue weighted by atomic mass is 32.2. The molecule has 150 valence electrons. The van der Waals surface area contributed by atoms with Crippen LogP contribution in [0.2, 0.25) is 0 Å². The molecule has 0 bridgehead atoms. The molecule has 0 aliphatic carbocycles.